The summed E-state index contributed by atoms with van der Waals surface area (Å²) in [5.41, 5.74) is 5.89. The molecule has 1 aromatic carbocycles. The molecule has 0 aliphatic carbocycles. The Bertz CT molecular complexity index is 446. The van der Waals surface area contributed by atoms with Crippen molar-refractivity contribution in [1.29, 1.82) is 5.41 Å². The van der Waals surface area contributed by atoms with E-state index in [9.17, 15) is 4.79 Å². The molecule has 6 nitrogen and oxygen atoms in total. The summed E-state index contributed by atoms with van der Waals surface area (Å²) in [6, 6.07) is 4.78. The fraction of sp³-hybridized carbons (Fsp3) is 0.333. The number of hydrogen-bond donors (Lipinski definition) is 2. The van der Waals surface area contributed by atoms with E-state index in [4.69, 9.17) is 25.4 Å². The Kier molecular flexibility index (Phi) is 4.98. The highest BCUT2D eigenvalue weighted by atomic mass is 16.6. The van der Waals surface area contributed by atoms with E-state index in [0.717, 1.165) is 0 Å². The molecule has 1 aromatic rings. The number of nitrogens with two attached hydrogens (primary N) is 1. The highest BCUT2D eigenvalue weighted by molar-refractivity contribution is 5.95. The van der Waals surface area contributed by atoms with Gasteiger partial charge in [-0.3, -0.25) is 5.41 Å². The van der Waals surface area contributed by atoms with Crippen LogP contribution in [0.4, 0.5) is 0 Å². The van der Waals surface area contributed by atoms with Crippen LogP contribution < -0.4 is 15.2 Å². The van der Waals surface area contributed by atoms with E-state index in [-0.39, 0.29) is 12.4 Å². The number of methoxy groups -OCH3 is 1. The molecule has 1 rings (SSSR count). The molecule has 0 aliphatic rings. The van der Waals surface area contributed by atoms with Gasteiger partial charge in [-0.1, -0.05) is 0 Å². The van der Waals surface area contributed by atoms with Crippen molar-refractivity contribution in [1.82, 2.24) is 0 Å². The van der Waals surface area contributed by atoms with Gasteiger partial charge in [0.25, 0.3) is 0 Å². The molecule has 0 radical (unpaired) electrons. The van der Waals surface area contributed by atoms with Crippen LogP contribution in [-0.4, -0.2) is 32.1 Å². The zero-order chi connectivity index (χ0) is 13.5. The second kappa shape index (κ2) is 6.48. The van der Waals surface area contributed by atoms with Crippen molar-refractivity contribution < 1.29 is 19.0 Å². The van der Waals surface area contributed by atoms with Crippen molar-refractivity contribution in [2.45, 2.75) is 6.92 Å². The van der Waals surface area contributed by atoms with Gasteiger partial charge in [0.15, 0.2) is 18.1 Å². The highest BCUT2D eigenvalue weighted by Gasteiger charge is 2.09. The molecule has 0 saturated carbocycles. The first-order valence-corrected chi connectivity index (χ1v) is 5.39. The lowest BCUT2D eigenvalue weighted by atomic mass is 10.2. The van der Waals surface area contributed by atoms with Crippen molar-refractivity contribution in [3.05, 3.63) is 23.8 Å². The third-order valence-corrected chi connectivity index (χ3v) is 2.13. The molecule has 0 heterocycles. The minimum atomic E-state index is -0.449. The Morgan fingerprint density at radius 1 is 1.39 bits per heavy atom. The minimum absolute atomic E-state index is 0.0646. The van der Waals surface area contributed by atoms with Gasteiger partial charge in [-0.05, 0) is 25.1 Å². The third-order valence-electron chi connectivity index (χ3n) is 2.13. The Morgan fingerprint density at radius 3 is 2.67 bits per heavy atom. The number of carbonyl (C=O) groups is 1. The van der Waals surface area contributed by atoms with Crippen molar-refractivity contribution in [3.8, 4) is 11.5 Å². The van der Waals surface area contributed by atoms with Crippen molar-refractivity contribution >= 4 is 11.8 Å². The van der Waals surface area contributed by atoms with E-state index in [1.54, 1.807) is 25.1 Å². The van der Waals surface area contributed by atoms with Gasteiger partial charge < -0.3 is 19.9 Å². The van der Waals surface area contributed by atoms with Gasteiger partial charge in [0, 0.05) is 5.56 Å². The summed E-state index contributed by atoms with van der Waals surface area (Å²) in [4.78, 5) is 11.1. The SMILES string of the molecule is CCOC(=O)COc1ccc(C(=N)N)cc1OC. The van der Waals surface area contributed by atoms with Crippen LogP contribution in [0.2, 0.25) is 0 Å². The van der Waals surface area contributed by atoms with Gasteiger partial charge in [0.1, 0.15) is 5.84 Å². The minimum Gasteiger partial charge on any atom is -0.493 e. The Morgan fingerprint density at radius 2 is 2.11 bits per heavy atom. The lowest BCUT2D eigenvalue weighted by Crippen LogP contribution is -2.15. The second-order valence-corrected chi connectivity index (χ2v) is 3.37. The molecule has 98 valence electrons. The number of rotatable bonds is 6. The van der Waals surface area contributed by atoms with E-state index in [0.29, 0.717) is 23.7 Å². The molecule has 0 fully saturated rings. The molecule has 6 heteroatoms. The van der Waals surface area contributed by atoms with Gasteiger partial charge in [-0.25, -0.2) is 4.79 Å². The fourth-order valence-corrected chi connectivity index (χ4v) is 1.29. The first-order chi connectivity index (χ1) is 8.58. The average molecular weight is 252 g/mol. The van der Waals surface area contributed by atoms with Gasteiger partial charge in [-0.15, -0.1) is 0 Å². The molecular weight excluding hydrogens is 236 g/mol. The van der Waals surface area contributed by atoms with Gasteiger partial charge in [0.05, 0.1) is 13.7 Å². The summed E-state index contributed by atoms with van der Waals surface area (Å²) in [7, 11) is 1.47. The molecule has 18 heavy (non-hydrogen) atoms. The molecular formula is C12H16N2O4. The zero-order valence-corrected chi connectivity index (χ0v) is 10.4. The largest absolute Gasteiger partial charge is 0.493 e. The smallest absolute Gasteiger partial charge is 0.344 e. The number of amidine groups is 1. The second-order valence-electron chi connectivity index (χ2n) is 3.37. The van der Waals surface area contributed by atoms with Crippen LogP contribution >= 0.6 is 0 Å². The number of ether oxygens (including phenoxy) is 3. The molecule has 0 saturated heterocycles. The summed E-state index contributed by atoms with van der Waals surface area (Å²) in [5.74, 6) is 0.294. The van der Waals surface area contributed by atoms with Crippen molar-refractivity contribution in [2.75, 3.05) is 20.3 Å². The Balaban J connectivity index is 2.76. The van der Waals surface area contributed by atoms with Crippen LogP contribution in [0.25, 0.3) is 0 Å². The summed E-state index contributed by atoms with van der Waals surface area (Å²) < 4.78 is 15.1. The van der Waals surface area contributed by atoms with Crippen LogP contribution in [0.3, 0.4) is 0 Å². The molecule has 0 bridgehead atoms. The summed E-state index contributed by atoms with van der Waals surface area (Å²) in [6.07, 6.45) is 0. The Hall–Kier alpha value is -2.24. The molecule has 0 amide bonds. The number of carbonyl (C=O) groups excluding carboxylic acids is 1. The van der Waals surface area contributed by atoms with Crippen molar-refractivity contribution in [2.24, 2.45) is 5.73 Å². The van der Waals surface area contributed by atoms with E-state index < -0.39 is 5.97 Å². The molecule has 0 spiro atoms. The monoisotopic (exact) mass is 252 g/mol. The highest BCUT2D eigenvalue weighted by Crippen LogP contribution is 2.27. The third kappa shape index (κ3) is 3.65. The average Bonchev–Trinajstić information content (AvgIpc) is 2.36. The van der Waals surface area contributed by atoms with E-state index in [1.807, 2.05) is 0 Å². The van der Waals surface area contributed by atoms with Gasteiger partial charge in [0.2, 0.25) is 0 Å². The van der Waals surface area contributed by atoms with Gasteiger partial charge in [-0.2, -0.15) is 0 Å². The lowest BCUT2D eigenvalue weighted by molar-refractivity contribution is -0.145. The number of hydrogen-bond acceptors (Lipinski definition) is 5. The van der Waals surface area contributed by atoms with Crippen molar-refractivity contribution in [3.63, 3.8) is 0 Å². The van der Waals surface area contributed by atoms with E-state index >= 15 is 0 Å². The van der Waals surface area contributed by atoms with Crippen LogP contribution in [0.1, 0.15) is 12.5 Å². The number of nitrogen functional groups attached to an aromatic ring is 1. The topological polar surface area (TPSA) is 94.6 Å². The molecule has 0 aromatic heterocycles. The maximum absolute atomic E-state index is 11.1. The maximum atomic E-state index is 11.1. The predicted octanol–water partition coefficient (Wildman–Crippen LogP) is 0.921. The molecule has 0 unspecified atom stereocenters. The van der Waals surface area contributed by atoms with E-state index in [2.05, 4.69) is 0 Å². The van der Waals surface area contributed by atoms with E-state index in [1.165, 1.54) is 7.11 Å². The zero-order valence-electron chi connectivity index (χ0n) is 10.4. The normalized spacial score (nSPS) is 9.67. The molecule has 3 N–H and O–H groups in total. The van der Waals surface area contributed by atoms with Crippen LogP contribution in [-0.2, 0) is 9.53 Å². The number of benzene rings is 1. The van der Waals surface area contributed by atoms with Crippen LogP contribution in [0.15, 0.2) is 18.2 Å². The summed E-state index contributed by atoms with van der Waals surface area (Å²) in [5, 5.41) is 7.31. The lowest BCUT2D eigenvalue weighted by Gasteiger charge is -2.11. The standard InChI is InChI=1S/C12H16N2O4/c1-3-17-11(15)7-18-9-5-4-8(12(13)14)6-10(9)16-2/h4-6H,3,7H2,1-2H3,(H3,13,14). The van der Waals surface area contributed by atoms with Gasteiger partial charge >= 0.3 is 5.97 Å². The first-order valence-electron chi connectivity index (χ1n) is 5.39. The number of esters is 1. The Labute approximate surface area is 105 Å². The quantitative estimate of drug-likeness (QED) is 0.446. The summed E-state index contributed by atoms with van der Waals surface area (Å²) in [6.45, 7) is 1.84. The molecule has 0 aliphatic heterocycles. The molecule has 0 atom stereocenters. The summed E-state index contributed by atoms with van der Waals surface area (Å²) >= 11 is 0. The first kappa shape index (κ1) is 13.8. The predicted molar refractivity (Wildman–Crippen MR) is 66.1 cm³/mol. The fourth-order valence-electron chi connectivity index (χ4n) is 1.29. The van der Waals surface area contributed by atoms with Crippen LogP contribution in [0.5, 0.6) is 11.5 Å². The van der Waals surface area contributed by atoms with Crippen LogP contribution in [0, 0.1) is 5.41 Å². The number of nitrogens with one attached hydrogen (secondary N) is 1. The maximum Gasteiger partial charge on any atom is 0.344 e.